The van der Waals surface area contributed by atoms with Gasteiger partial charge in [-0.2, -0.15) is 5.26 Å². The van der Waals surface area contributed by atoms with E-state index in [1.165, 1.54) is 7.11 Å². The molecule has 0 unspecified atom stereocenters. The summed E-state index contributed by atoms with van der Waals surface area (Å²) < 4.78 is 5.11. The van der Waals surface area contributed by atoms with Crippen LogP contribution in [0.3, 0.4) is 0 Å². The van der Waals surface area contributed by atoms with E-state index in [1.807, 2.05) is 0 Å². The molecule has 5 heteroatoms. The molecule has 0 bridgehead atoms. The Morgan fingerprint density at radius 2 is 2.15 bits per heavy atom. The van der Waals surface area contributed by atoms with Gasteiger partial charge in [0.15, 0.2) is 0 Å². The van der Waals surface area contributed by atoms with Crippen molar-refractivity contribution in [2.75, 3.05) is 12.4 Å². The molecule has 0 radical (unpaired) electrons. The molecular weight excluding hydrogens is 276 g/mol. The third kappa shape index (κ3) is 3.12. The Morgan fingerprint density at radius 3 is 2.85 bits per heavy atom. The molecule has 0 aliphatic heterocycles. The van der Waals surface area contributed by atoms with Crippen LogP contribution in [-0.2, 0) is 4.79 Å². The van der Waals surface area contributed by atoms with Crippen molar-refractivity contribution in [3.05, 3.63) is 34.4 Å². The van der Waals surface area contributed by atoms with Crippen molar-refractivity contribution in [2.24, 2.45) is 0 Å². The van der Waals surface area contributed by atoms with Crippen molar-refractivity contribution in [2.45, 2.75) is 25.7 Å². The van der Waals surface area contributed by atoms with Crippen molar-refractivity contribution < 1.29 is 9.53 Å². The van der Waals surface area contributed by atoms with Gasteiger partial charge in [-0.15, -0.1) is 0 Å². The number of carbonyl (C=O) groups excluding carboxylic acids is 1. The van der Waals surface area contributed by atoms with Crippen LogP contribution in [0.2, 0.25) is 5.02 Å². The number of anilines is 1. The first-order valence-corrected chi connectivity index (χ1v) is 6.80. The van der Waals surface area contributed by atoms with Gasteiger partial charge in [-0.3, -0.25) is 4.79 Å². The number of benzene rings is 1. The third-order valence-corrected chi connectivity index (χ3v) is 3.60. The smallest absolute Gasteiger partial charge is 0.252 e. The average Bonchev–Trinajstić information content (AvgIpc) is 2.49. The van der Waals surface area contributed by atoms with E-state index < -0.39 is 0 Å². The maximum absolute atomic E-state index is 12.2. The zero-order valence-electron chi connectivity index (χ0n) is 11.2. The van der Waals surface area contributed by atoms with E-state index in [-0.39, 0.29) is 5.91 Å². The van der Waals surface area contributed by atoms with Crippen molar-refractivity contribution in [3.63, 3.8) is 0 Å². The second-order valence-electron chi connectivity index (χ2n) is 4.58. The molecule has 20 heavy (non-hydrogen) atoms. The maximum Gasteiger partial charge on any atom is 0.252 e. The molecule has 2 rings (SSSR count). The minimum Gasteiger partial charge on any atom is -0.495 e. The Morgan fingerprint density at radius 1 is 1.40 bits per heavy atom. The summed E-state index contributed by atoms with van der Waals surface area (Å²) in [7, 11) is 1.52. The summed E-state index contributed by atoms with van der Waals surface area (Å²) in [6, 6.07) is 7.16. The number of hydrogen-bond acceptors (Lipinski definition) is 3. The number of nitrogens with zero attached hydrogens (tertiary/aromatic N) is 1. The molecule has 1 aromatic rings. The van der Waals surface area contributed by atoms with E-state index in [0.717, 1.165) is 12.8 Å². The lowest BCUT2D eigenvalue weighted by atomic mass is 9.92. The molecule has 0 fully saturated rings. The Kier molecular flexibility index (Phi) is 4.65. The quantitative estimate of drug-likeness (QED) is 0.923. The molecule has 0 saturated heterocycles. The molecule has 0 aromatic heterocycles. The highest BCUT2D eigenvalue weighted by Gasteiger charge is 2.19. The van der Waals surface area contributed by atoms with Gasteiger partial charge in [0.05, 0.1) is 18.2 Å². The van der Waals surface area contributed by atoms with Crippen LogP contribution in [0.15, 0.2) is 29.3 Å². The summed E-state index contributed by atoms with van der Waals surface area (Å²) in [6.45, 7) is 0. The second kappa shape index (κ2) is 6.44. The summed E-state index contributed by atoms with van der Waals surface area (Å²) in [6.07, 6.45) is 3.24. The SMILES string of the molecule is COc1cc(NC(=O)C2=C(C#N)CCCC2)ccc1Cl. The van der Waals surface area contributed by atoms with Crippen LogP contribution in [-0.4, -0.2) is 13.0 Å². The van der Waals surface area contributed by atoms with Crippen molar-refractivity contribution in [1.82, 2.24) is 0 Å². The van der Waals surface area contributed by atoms with Crippen LogP contribution >= 0.6 is 11.6 Å². The highest BCUT2D eigenvalue weighted by atomic mass is 35.5. The van der Waals surface area contributed by atoms with Gasteiger partial charge in [0, 0.05) is 22.9 Å². The molecule has 0 spiro atoms. The highest BCUT2D eigenvalue weighted by Crippen LogP contribution is 2.29. The molecule has 1 amide bonds. The zero-order chi connectivity index (χ0) is 14.5. The van der Waals surface area contributed by atoms with Crippen molar-refractivity contribution in [1.29, 1.82) is 5.26 Å². The minimum absolute atomic E-state index is 0.217. The molecule has 1 aliphatic rings. The number of nitriles is 1. The monoisotopic (exact) mass is 290 g/mol. The summed E-state index contributed by atoms with van der Waals surface area (Å²) in [5, 5.41) is 12.3. The van der Waals surface area contributed by atoms with Gasteiger partial charge in [-0.25, -0.2) is 0 Å². The number of allylic oxidation sites excluding steroid dienone is 1. The van der Waals surface area contributed by atoms with E-state index in [2.05, 4.69) is 11.4 Å². The van der Waals surface area contributed by atoms with Crippen molar-refractivity contribution >= 4 is 23.2 Å². The zero-order valence-corrected chi connectivity index (χ0v) is 12.0. The van der Waals surface area contributed by atoms with Gasteiger partial charge in [0.2, 0.25) is 0 Å². The Balaban J connectivity index is 2.20. The third-order valence-electron chi connectivity index (χ3n) is 3.29. The Bertz CT molecular complexity index is 602. The lowest BCUT2D eigenvalue weighted by Crippen LogP contribution is -2.18. The maximum atomic E-state index is 12.2. The number of nitrogens with one attached hydrogen (secondary N) is 1. The van der Waals surface area contributed by atoms with Crippen LogP contribution in [0, 0.1) is 11.3 Å². The summed E-state index contributed by atoms with van der Waals surface area (Å²) in [5.74, 6) is 0.285. The largest absolute Gasteiger partial charge is 0.495 e. The predicted molar refractivity (Wildman–Crippen MR) is 77.7 cm³/mol. The molecule has 0 heterocycles. The lowest BCUT2D eigenvalue weighted by molar-refractivity contribution is -0.113. The van der Waals surface area contributed by atoms with Gasteiger partial charge < -0.3 is 10.1 Å². The Labute approximate surface area is 123 Å². The fraction of sp³-hybridized carbons (Fsp3) is 0.333. The second-order valence-corrected chi connectivity index (χ2v) is 4.99. The van der Waals surface area contributed by atoms with Crippen LogP contribution in [0.25, 0.3) is 0 Å². The first kappa shape index (κ1) is 14.4. The summed E-state index contributed by atoms with van der Waals surface area (Å²) in [4.78, 5) is 12.2. The number of ether oxygens (including phenoxy) is 1. The van der Waals surface area contributed by atoms with E-state index in [0.29, 0.717) is 40.4 Å². The Hall–Kier alpha value is -1.99. The molecule has 0 atom stereocenters. The van der Waals surface area contributed by atoms with Crippen LogP contribution in [0.1, 0.15) is 25.7 Å². The molecule has 1 aliphatic carbocycles. The molecule has 4 nitrogen and oxygen atoms in total. The van der Waals surface area contributed by atoms with Gasteiger partial charge in [0.25, 0.3) is 5.91 Å². The molecule has 1 N–H and O–H groups in total. The molecule has 0 saturated carbocycles. The minimum atomic E-state index is -0.217. The number of hydrogen-bond donors (Lipinski definition) is 1. The van der Waals surface area contributed by atoms with E-state index in [1.54, 1.807) is 18.2 Å². The summed E-state index contributed by atoms with van der Waals surface area (Å²) >= 11 is 5.94. The fourth-order valence-electron chi connectivity index (χ4n) is 2.22. The number of carbonyl (C=O) groups is 1. The number of amides is 1. The number of methoxy groups -OCH3 is 1. The molecule has 104 valence electrons. The fourth-order valence-corrected chi connectivity index (χ4v) is 2.42. The first-order valence-electron chi connectivity index (χ1n) is 6.42. The standard InChI is InChI=1S/C15H15ClN2O2/c1-20-14-8-11(6-7-13(14)16)18-15(19)12-5-3-2-4-10(12)9-17/h6-8H,2-5H2,1H3,(H,18,19). The van der Waals surface area contributed by atoms with Crippen LogP contribution < -0.4 is 10.1 Å². The topological polar surface area (TPSA) is 62.1 Å². The van der Waals surface area contributed by atoms with Crippen LogP contribution in [0.4, 0.5) is 5.69 Å². The van der Waals surface area contributed by atoms with Crippen molar-refractivity contribution in [3.8, 4) is 11.8 Å². The van der Waals surface area contributed by atoms with Gasteiger partial charge >= 0.3 is 0 Å². The normalized spacial score (nSPS) is 14.7. The van der Waals surface area contributed by atoms with E-state index in [4.69, 9.17) is 21.6 Å². The average molecular weight is 291 g/mol. The first-order chi connectivity index (χ1) is 9.65. The lowest BCUT2D eigenvalue weighted by Gasteiger charge is -2.16. The van der Waals surface area contributed by atoms with Crippen LogP contribution in [0.5, 0.6) is 5.75 Å². The van der Waals surface area contributed by atoms with Gasteiger partial charge in [-0.05, 0) is 37.8 Å². The predicted octanol–water partition coefficient (Wildman–Crippen LogP) is 3.68. The number of rotatable bonds is 3. The molecular formula is C15H15ClN2O2. The van der Waals surface area contributed by atoms with Gasteiger partial charge in [0.1, 0.15) is 5.75 Å². The highest BCUT2D eigenvalue weighted by molar-refractivity contribution is 6.32. The number of halogens is 1. The molecule has 1 aromatic carbocycles. The van der Waals surface area contributed by atoms with Gasteiger partial charge in [-0.1, -0.05) is 11.6 Å². The van der Waals surface area contributed by atoms with E-state index in [9.17, 15) is 4.79 Å². The summed E-state index contributed by atoms with van der Waals surface area (Å²) in [5.41, 5.74) is 1.79. The van der Waals surface area contributed by atoms with E-state index >= 15 is 0 Å².